The third-order valence-electron chi connectivity index (χ3n) is 6.24. The number of fused-ring (bicyclic) bond motifs is 1. The highest BCUT2D eigenvalue weighted by Crippen LogP contribution is 2.31. The number of aryl methyl sites for hydroxylation is 1. The number of hydrogen-bond donors (Lipinski definition) is 1. The molecule has 174 valence electrons. The lowest BCUT2D eigenvalue weighted by Crippen LogP contribution is -2.42. The van der Waals surface area contributed by atoms with Crippen LogP contribution >= 0.6 is 0 Å². The summed E-state index contributed by atoms with van der Waals surface area (Å²) in [6.45, 7) is 1.78. The maximum Gasteiger partial charge on any atom is 0.258 e. The fourth-order valence-corrected chi connectivity index (χ4v) is 4.32. The van der Waals surface area contributed by atoms with Gasteiger partial charge in [0.15, 0.2) is 0 Å². The number of rotatable bonds is 5. The fourth-order valence-electron chi connectivity index (χ4n) is 4.32. The molecule has 1 N–H and O–H groups in total. The minimum Gasteiger partial charge on any atom is -0.356 e. The predicted octanol–water partition coefficient (Wildman–Crippen LogP) is 2.60. The van der Waals surface area contributed by atoms with Crippen LogP contribution in [0.15, 0.2) is 48.9 Å². The first-order valence-corrected chi connectivity index (χ1v) is 11.3. The highest BCUT2D eigenvalue weighted by molar-refractivity contribution is 6.04. The lowest BCUT2D eigenvalue weighted by molar-refractivity contribution is 0.102. The monoisotopic (exact) mass is 457 g/mol. The number of nitrogens with one attached hydrogen (secondary N) is 1. The molecule has 4 heterocycles. The van der Waals surface area contributed by atoms with Crippen molar-refractivity contribution in [2.75, 3.05) is 37.4 Å². The van der Waals surface area contributed by atoms with Crippen molar-refractivity contribution in [1.82, 2.24) is 34.8 Å². The minimum atomic E-state index is -0.274. The van der Waals surface area contributed by atoms with Gasteiger partial charge in [0, 0.05) is 55.1 Å². The Balaban J connectivity index is 1.53. The molecule has 0 radical (unpaired) electrons. The number of anilines is 2. The summed E-state index contributed by atoms with van der Waals surface area (Å²) in [5.74, 6) is 0.831. The Morgan fingerprint density at radius 1 is 1.09 bits per heavy atom. The van der Waals surface area contributed by atoms with Gasteiger partial charge in [0.1, 0.15) is 11.5 Å². The molecule has 0 unspecified atom stereocenters. The van der Waals surface area contributed by atoms with Crippen LogP contribution in [-0.2, 0) is 7.05 Å². The van der Waals surface area contributed by atoms with Crippen molar-refractivity contribution in [3.05, 3.63) is 54.5 Å². The molecule has 0 spiro atoms. The van der Waals surface area contributed by atoms with E-state index in [9.17, 15) is 4.79 Å². The van der Waals surface area contributed by atoms with Gasteiger partial charge in [0.2, 0.25) is 5.95 Å². The van der Waals surface area contributed by atoms with Gasteiger partial charge in [-0.15, -0.1) is 5.10 Å². The lowest BCUT2D eigenvalue weighted by atomic mass is 10.0. The summed E-state index contributed by atoms with van der Waals surface area (Å²) in [6, 6.07) is 9.89. The van der Waals surface area contributed by atoms with Gasteiger partial charge >= 0.3 is 0 Å². The van der Waals surface area contributed by atoms with Crippen molar-refractivity contribution in [1.29, 1.82) is 0 Å². The molecule has 1 aliphatic heterocycles. The number of piperidine rings is 1. The smallest absolute Gasteiger partial charge is 0.258 e. The van der Waals surface area contributed by atoms with Crippen LogP contribution in [0.2, 0.25) is 0 Å². The molecule has 0 aliphatic carbocycles. The summed E-state index contributed by atoms with van der Waals surface area (Å²) in [5, 5.41) is 12.1. The number of nitrogens with zero attached hydrogens (tertiary/aromatic N) is 8. The Kier molecular flexibility index (Phi) is 5.89. The van der Waals surface area contributed by atoms with Gasteiger partial charge in [-0.2, -0.15) is 4.98 Å². The quantitative estimate of drug-likeness (QED) is 0.488. The molecular weight excluding hydrogens is 430 g/mol. The van der Waals surface area contributed by atoms with E-state index in [1.807, 2.05) is 31.4 Å². The van der Waals surface area contributed by atoms with Crippen LogP contribution < -0.4 is 10.2 Å². The van der Waals surface area contributed by atoms with E-state index in [0.717, 1.165) is 53.9 Å². The van der Waals surface area contributed by atoms with Crippen LogP contribution in [-0.4, -0.2) is 74.0 Å². The van der Waals surface area contributed by atoms with Gasteiger partial charge in [0.25, 0.3) is 5.91 Å². The Morgan fingerprint density at radius 2 is 1.85 bits per heavy atom. The van der Waals surface area contributed by atoms with E-state index in [1.165, 1.54) is 0 Å². The number of pyridine rings is 1. The molecule has 10 nitrogen and oxygen atoms in total. The third-order valence-corrected chi connectivity index (χ3v) is 6.24. The highest BCUT2D eigenvalue weighted by Gasteiger charge is 2.24. The van der Waals surface area contributed by atoms with Crippen molar-refractivity contribution in [2.45, 2.75) is 18.9 Å². The van der Waals surface area contributed by atoms with E-state index in [2.05, 4.69) is 49.5 Å². The Bertz CT molecular complexity index is 1310. The van der Waals surface area contributed by atoms with Crippen LogP contribution in [0.5, 0.6) is 0 Å². The predicted molar refractivity (Wildman–Crippen MR) is 131 cm³/mol. The molecule has 0 saturated carbocycles. The second-order valence-corrected chi connectivity index (χ2v) is 8.75. The topological polar surface area (TPSA) is 105 Å². The minimum absolute atomic E-state index is 0.273. The zero-order valence-electron chi connectivity index (χ0n) is 19.5. The van der Waals surface area contributed by atoms with Gasteiger partial charge in [-0.3, -0.25) is 19.8 Å². The van der Waals surface area contributed by atoms with Crippen LogP contribution in [0.4, 0.5) is 11.8 Å². The van der Waals surface area contributed by atoms with E-state index < -0.39 is 0 Å². The van der Waals surface area contributed by atoms with E-state index in [1.54, 1.807) is 29.2 Å². The molecule has 34 heavy (non-hydrogen) atoms. The number of hydrogen-bond acceptors (Lipinski definition) is 8. The van der Waals surface area contributed by atoms with Crippen molar-refractivity contribution < 1.29 is 4.79 Å². The van der Waals surface area contributed by atoms with E-state index in [0.29, 0.717) is 11.6 Å². The van der Waals surface area contributed by atoms with Crippen LogP contribution in [0, 0.1) is 0 Å². The summed E-state index contributed by atoms with van der Waals surface area (Å²) in [5.41, 5.74) is 2.91. The van der Waals surface area contributed by atoms with Crippen molar-refractivity contribution >= 4 is 28.6 Å². The molecule has 5 rings (SSSR count). The second-order valence-electron chi connectivity index (χ2n) is 8.75. The first-order valence-electron chi connectivity index (χ1n) is 11.3. The van der Waals surface area contributed by atoms with Crippen LogP contribution in [0.3, 0.4) is 0 Å². The average molecular weight is 458 g/mol. The molecule has 4 aromatic rings. The number of benzene rings is 1. The summed E-state index contributed by atoms with van der Waals surface area (Å²) in [6.07, 6.45) is 7.14. The van der Waals surface area contributed by atoms with Crippen molar-refractivity contribution in [2.24, 2.45) is 7.05 Å². The summed E-state index contributed by atoms with van der Waals surface area (Å²) in [4.78, 5) is 30.8. The zero-order chi connectivity index (χ0) is 23.7. The van der Waals surface area contributed by atoms with Gasteiger partial charge in [0.05, 0.1) is 11.7 Å². The first-order chi connectivity index (χ1) is 16.5. The first kappa shape index (κ1) is 21.9. The van der Waals surface area contributed by atoms with Gasteiger partial charge < -0.3 is 9.80 Å². The number of amides is 1. The van der Waals surface area contributed by atoms with Crippen molar-refractivity contribution in [3.8, 4) is 11.3 Å². The number of carbonyl (C=O) groups excluding carboxylic acids is 1. The molecule has 0 atom stereocenters. The molecule has 1 aromatic carbocycles. The van der Waals surface area contributed by atoms with Crippen LogP contribution in [0.25, 0.3) is 22.2 Å². The molecule has 1 aliphatic rings. The normalized spacial score (nSPS) is 14.6. The summed E-state index contributed by atoms with van der Waals surface area (Å²) in [7, 11) is 6.09. The molecule has 1 amide bonds. The standard InChI is InChI=1S/C24H27N9O/c1-31(2)18-8-12-33(13-9-18)22-19-5-4-17(21-15-32(3)30-29-21)14-20(19)26-24(27-22)28-23(34)16-6-10-25-11-7-16/h4-7,10-11,14-15,18H,8-9,12-13H2,1-3H3,(H,26,27,28,34). The van der Waals surface area contributed by atoms with Gasteiger partial charge in [-0.1, -0.05) is 11.3 Å². The summed E-state index contributed by atoms with van der Waals surface area (Å²) >= 11 is 0. The molecule has 10 heteroatoms. The van der Waals surface area contributed by atoms with Gasteiger partial charge in [-0.05, 0) is 51.2 Å². The molecule has 1 fully saturated rings. The maximum atomic E-state index is 12.8. The second kappa shape index (κ2) is 9.14. The largest absolute Gasteiger partial charge is 0.356 e. The molecular formula is C24H27N9O. The van der Waals surface area contributed by atoms with E-state index in [-0.39, 0.29) is 11.9 Å². The Hall–Kier alpha value is -3.92. The fraction of sp³-hybridized carbons (Fsp3) is 0.333. The molecule has 0 bridgehead atoms. The molecule has 3 aromatic heterocycles. The Labute approximate surface area is 197 Å². The summed E-state index contributed by atoms with van der Waals surface area (Å²) < 4.78 is 1.67. The van der Waals surface area contributed by atoms with Gasteiger partial charge in [-0.25, -0.2) is 4.98 Å². The Morgan fingerprint density at radius 3 is 2.53 bits per heavy atom. The number of carbonyl (C=O) groups is 1. The van der Waals surface area contributed by atoms with Crippen molar-refractivity contribution in [3.63, 3.8) is 0 Å². The molecule has 1 saturated heterocycles. The highest BCUT2D eigenvalue weighted by atomic mass is 16.1. The average Bonchev–Trinajstić information content (AvgIpc) is 3.30. The zero-order valence-corrected chi connectivity index (χ0v) is 19.5. The van der Waals surface area contributed by atoms with E-state index >= 15 is 0 Å². The van der Waals surface area contributed by atoms with Crippen LogP contribution in [0.1, 0.15) is 23.2 Å². The number of aromatic nitrogens is 6. The maximum absolute atomic E-state index is 12.8. The van der Waals surface area contributed by atoms with E-state index in [4.69, 9.17) is 4.98 Å². The third kappa shape index (κ3) is 4.44. The SMILES string of the molecule is CN(C)C1CCN(c2nc(NC(=O)c3ccncc3)nc3cc(-c4cn(C)nn4)ccc23)CC1. The lowest BCUT2D eigenvalue weighted by Gasteiger charge is -2.36.